The molecule has 0 amide bonds. The Hall–Kier alpha value is -0.650. The minimum atomic E-state index is -0.777. The molecule has 2 aliphatic heterocycles. The summed E-state index contributed by atoms with van der Waals surface area (Å²) >= 11 is 0. The van der Waals surface area contributed by atoms with Gasteiger partial charge in [0.25, 0.3) is 0 Å². The average molecular weight is 215 g/mol. The molecule has 3 unspecified atom stereocenters. The van der Waals surface area contributed by atoms with E-state index in [0.717, 1.165) is 19.4 Å². The molecule has 3 atom stereocenters. The Kier molecular flexibility index (Phi) is 3.56. The maximum atomic E-state index is 10.4. The van der Waals surface area contributed by atoms with Crippen molar-refractivity contribution < 1.29 is 19.4 Å². The minimum absolute atomic E-state index is 0.0477. The Bertz CT molecular complexity index is 227. The summed E-state index contributed by atoms with van der Waals surface area (Å²) in [6, 6.07) is 0.292. The second-order valence-corrected chi connectivity index (χ2v) is 4.10. The van der Waals surface area contributed by atoms with E-state index in [2.05, 4.69) is 5.32 Å². The highest BCUT2D eigenvalue weighted by molar-refractivity contribution is 5.66. The van der Waals surface area contributed by atoms with Gasteiger partial charge < -0.3 is 19.9 Å². The van der Waals surface area contributed by atoms with Crippen LogP contribution in [-0.2, 0) is 14.3 Å². The number of hydrogen-bond acceptors (Lipinski definition) is 4. The molecule has 15 heavy (non-hydrogen) atoms. The van der Waals surface area contributed by atoms with E-state index in [-0.39, 0.29) is 18.8 Å². The molecule has 2 N–H and O–H groups in total. The van der Waals surface area contributed by atoms with Gasteiger partial charge in [-0.2, -0.15) is 0 Å². The van der Waals surface area contributed by atoms with Crippen molar-refractivity contribution in [1.82, 2.24) is 5.32 Å². The van der Waals surface area contributed by atoms with E-state index in [4.69, 9.17) is 14.6 Å². The van der Waals surface area contributed by atoms with Crippen molar-refractivity contribution >= 4 is 5.97 Å². The van der Waals surface area contributed by atoms with Crippen molar-refractivity contribution in [2.24, 2.45) is 0 Å². The molecule has 0 radical (unpaired) electrons. The van der Waals surface area contributed by atoms with Crippen LogP contribution in [0.15, 0.2) is 0 Å². The molecule has 0 aromatic heterocycles. The van der Waals surface area contributed by atoms with Crippen LogP contribution in [0.25, 0.3) is 0 Å². The highest BCUT2D eigenvalue weighted by Gasteiger charge is 2.33. The number of nitrogens with one attached hydrogen (secondary N) is 1. The second-order valence-electron chi connectivity index (χ2n) is 4.10. The Morgan fingerprint density at radius 2 is 2.40 bits per heavy atom. The monoisotopic (exact) mass is 215 g/mol. The maximum Gasteiger partial charge on any atom is 0.303 e. The van der Waals surface area contributed by atoms with Crippen LogP contribution in [0.2, 0.25) is 0 Å². The van der Waals surface area contributed by atoms with Gasteiger partial charge in [-0.1, -0.05) is 0 Å². The maximum absolute atomic E-state index is 10.4. The van der Waals surface area contributed by atoms with Gasteiger partial charge in [0.2, 0.25) is 0 Å². The van der Waals surface area contributed by atoms with Gasteiger partial charge in [-0.3, -0.25) is 4.79 Å². The van der Waals surface area contributed by atoms with Crippen LogP contribution >= 0.6 is 0 Å². The van der Waals surface area contributed by atoms with Crippen molar-refractivity contribution in [2.75, 3.05) is 13.2 Å². The molecule has 0 bridgehead atoms. The number of ether oxygens (including phenoxy) is 2. The van der Waals surface area contributed by atoms with Crippen molar-refractivity contribution in [3.63, 3.8) is 0 Å². The lowest BCUT2D eigenvalue weighted by Gasteiger charge is -2.17. The quantitative estimate of drug-likeness (QED) is 0.708. The summed E-state index contributed by atoms with van der Waals surface area (Å²) in [6.07, 6.45) is 2.71. The van der Waals surface area contributed by atoms with E-state index in [1.54, 1.807) is 0 Å². The molecular formula is C10H17NO4. The molecule has 0 aliphatic carbocycles. The fourth-order valence-corrected chi connectivity index (χ4v) is 2.06. The first-order valence-electron chi connectivity index (χ1n) is 5.48. The van der Waals surface area contributed by atoms with Crippen molar-refractivity contribution in [3.8, 4) is 0 Å². The van der Waals surface area contributed by atoms with Gasteiger partial charge >= 0.3 is 5.97 Å². The van der Waals surface area contributed by atoms with Crippen LogP contribution in [0.5, 0.6) is 0 Å². The van der Waals surface area contributed by atoms with Crippen molar-refractivity contribution in [2.45, 2.75) is 44.1 Å². The van der Waals surface area contributed by atoms with Crippen LogP contribution in [0, 0.1) is 0 Å². The first kappa shape index (κ1) is 10.9. The molecule has 0 aromatic rings. The summed E-state index contributed by atoms with van der Waals surface area (Å²) in [5, 5.41) is 11.9. The smallest absolute Gasteiger partial charge is 0.303 e. The zero-order chi connectivity index (χ0) is 10.7. The zero-order valence-electron chi connectivity index (χ0n) is 8.65. The topological polar surface area (TPSA) is 67.8 Å². The number of carbonyl (C=O) groups is 1. The molecule has 0 saturated carbocycles. The number of aliphatic carboxylic acids is 1. The summed E-state index contributed by atoms with van der Waals surface area (Å²) in [6.45, 7) is 1.55. The first-order valence-corrected chi connectivity index (χ1v) is 5.48. The fraction of sp³-hybridized carbons (Fsp3) is 0.900. The van der Waals surface area contributed by atoms with Crippen molar-refractivity contribution in [1.29, 1.82) is 0 Å². The third-order valence-electron chi connectivity index (χ3n) is 2.88. The van der Waals surface area contributed by atoms with E-state index in [1.165, 1.54) is 0 Å². The Morgan fingerprint density at radius 1 is 1.53 bits per heavy atom. The molecule has 2 heterocycles. The SMILES string of the molecule is O=C(O)CCC1COC(C2CCCN2)O1. The largest absolute Gasteiger partial charge is 0.481 e. The molecule has 2 aliphatic rings. The molecule has 0 spiro atoms. The molecule has 5 heteroatoms. The van der Waals surface area contributed by atoms with Crippen LogP contribution < -0.4 is 5.32 Å². The van der Waals surface area contributed by atoms with E-state index in [0.29, 0.717) is 19.1 Å². The summed E-state index contributed by atoms with van der Waals surface area (Å²) in [5.74, 6) is -0.777. The number of carboxylic acids is 1. The summed E-state index contributed by atoms with van der Waals surface area (Å²) in [4.78, 5) is 10.4. The molecular weight excluding hydrogens is 198 g/mol. The average Bonchev–Trinajstić information content (AvgIpc) is 2.85. The predicted octanol–water partition coefficient (Wildman–Crippen LogP) is 0.345. The lowest BCUT2D eigenvalue weighted by Crippen LogP contribution is -2.35. The summed E-state index contributed by atoms with van der Waals surface area (Å²) < 4.78 is 11.2. The van der Waals surface area contributed by atoms with E-state index >= 15 is 0 Å². The van der Waals surface area contributed by atoms with Gasteiger partial charge in [0.1, 0.15) is 0 Å². The van der Waals surface area contributed by atoms with Gasteiger partial charge in [-0.15, -0.1) is 0 Å². The molecule has 2 saturated heterocycles. The second kappa shape index (κ2) is 4.92. The minimum Gasteiger partial charge on any atom is -0.481 e. The number of carboxylic acid groups (broad SMARTS) is 1. The Labute approximate surface area is 88.7 Å². The number of hydrogen-bond donors (Lipinski definition) is 2. The zero-order valence-corrected chi connectivity index (χ0v) is 8.65. The molecule has 0 aromatic carbocycles. The van der Waals surface area contributed by atoms with Gasteiger partial charge in [0.05, 0.1) is 18.8 Å². The van der Waals surface area contributed by atoms with E-state index in [1.807, 2.05) is 0 Å². The van der Waals surface area contributed by atoms with E-state index in [9.17, 15) is 4.79 Å². The van der Waals surface area contributed by atoms with Gasteiger partial charge in [-0.05, 0) is 25.8 Å². The van der Waals surface area contributed by atoms with Crippen LogP contribution in [0.4, 0.5) is 0 Å². The standard InChI is InChI=1S/C10H17NO4/c12-9(13)4-3-7-6-14-10(15-7)8-2-1-5-11-8/h7-8,10-11H,1-6H2,(H,12,13). The molecule has 86 valence electrons. The van der Waals surface area contributed by atoms with Gasteiger partial charge in [0.15, 0.2) is 6.29 Å². The predicted molar refractivity (Wildman–Crippen MR) is 52.5 cm³/mol. The third-order valence-corrected chi connectivity index (χ3v) is 2.88. The molecule has 2 fully saturated rings. The normalized spacial score (nSPS) is 35.9. The summed E-state index contributed by atoms with van der Waals surface area (Å²) in [5.41, 5.74) is 0. The van der Waals surface area contributed by atoms with Gasteiger partial charge in [0, 0.05) is 6.42 Å². The summed E-state index contributed by atoms with van der Waals surface area (Å²) in [7, 11) is 0. The van der Waals surface area contributed by atoms with Gasteiger partial charge in [-0.25, -0.2) is 0 Å². The first-order chi connectivity index (χ1) is 7.25. The third kappa shape index (κ3) is 2.90. The number of rotatable bonds is 4. The lowest BCUT2D eigenvalue weighted by atomic mass is 10.2. The lowest BCUT2D eigenvalue weighted by molar-refractivity contribution is -0.138. The highest BCUT2D eigenvalue weighted by Crippen LogP contribution is 2.22. The Morgan fingerprint density at radius 3 is 3.07 bits per heavy atom. The molecule has 5 nitrogen and oxygen atoms in total. The van der Waals surface area contributed by atoms with Crippen LogP contribution in [0.3, 0.4) is 0 Å². The van der Waals surface area contributed by atoms with Crippen molar-refractivity contribution in [3.05, 3.63) is 0 Å². The Balaban J connectivity index is 1.71. The van der Waals surface area contributed by atoms with Crippen LogP contribution in [0.1, 0.15) is 25.7 Å². The van der Waals surface area contributed by atoms with Crippen LogP contribution in [-0.4, -0.2) is 42.7 Å². The highest BCUT2D eigenvalue weighted by atomic mass is 16.7. The van der Waals surface area contributed by atoms with E-state index < -0.39 is 5.97 Å². The fourth-order valence-electron chi connectivity index (χ4n) is 2.06. The molecule has 2 rings (SSSR count).